The molecule has 8 nitrogen and oxygen atoms in total. The molecule has 0 amide bonds. The van der Waals surface area contributed by atoms with Gasteiger partial charge in [-0.3, -0.25) is 0 Å². The number of rotatable bonds is 8. The lowest BCUT2D eigenvalue weighted by Gasteiger charge is -2.26. The molecule has 0 bridgehead atoms. The Labute approximate surface area is 197 Å². The molecule has 4 rings (SSSR count). The van der Waals surface area contributed by atoms with Crippen LogP contribution in [0.15, 0.2) is 52.3 Å². The summed E-state index contributed by atoms with van der Waals surface area (Å²) in [4.78, 5) is 18.4. The second kappa shape index (κ2) is 10.3. The van der Waals surface area contributed by atoms with Gasteiger partial charge in [0.25, 0.3) is 0 Å². The number of fused-ring (bicyclic) bond motifs is 1. The first kappa shape index (κ1) is 23.7. The van der Waals surface area contributed by atoms with Gasteiger partial charge in [0.15, 0.2) is 0 Å². The zero-order valence-corrected chi connectivity index (χ0v) is 20.3. The van der Waals surface area contributed by atoms with Gasteiger partial charge in [0.1, 0.15) is 12.4 Å². The molecule has 0 aliphatic carbocycles. The van der Waals surface area contributed by atoms with Crippen LogP contribution in [0.5, 0.6) is 0 Å². The Balaban J connectivity index is 1.58. The highest BCUT2D eigenvalue weighted by molar-refractivity contribution is 7.99. The topological polar surface area (TPSA) is 90.7 Å². The van der Waals surface area contributed by atoms with Crippen molar-refractivity contribution in [1.29, 1.82) is 0 Å². The van der Waals surface area contributed by atoms with E-state index in [4.69, 9.17) is 9.47 Å². The van der Waals surface area contributed by atoms with E-state index in [2.05, 4.69) is 4.98 Å². The molecule has 2 aromatic carbocycles. The van der Waals surface area contributed by atoms with Crippen molar-refractivity contribution in [2.75, 3.05) is 32.1 Å². The van der Waals surface area contributed by atoms with Gasteiger partial charge in [-0.2, -0.15) is 4.31 Å². The van der Waals surface area contributed by atoms with Gasteiger partial charge >= 0.3 is 5.97 Å². The van der Waals surface area contributed by atoms with E-state index in [9.17, 15) is 13.2 Å². The molecule has 33 heavy (non-hydrogen) atoms. The lowest BCUT2D eigenvalue weighted by molar-refractivity contribution is 0.0454. The van der Waals surface area contributed by atoms with E-state index in [1.807, 2.05) is 36.6 Å². The number of hydrogen-bond acceptors (Lipinski definition) is 7. The quantitative estimate of drug-likeness (QED) is 0.353. The average molecular weight is 490 g/mol. The van der Waals surface area contributed by atoms with Crippen molar-refractivity contribution in [3.05, 3.63) is 53.9 Å². The van der Waals surface area contributed by atoms with Crippen LogP contribution in [0.3, 0.4) is 0 Å². The maximum atomic E-state index is 13.0. The summed E-state index contributed by atoms with van der Waals surface area (Å²) in [5.74, 6) is 1.02. The molecule has 0 unspecified atom stereocenters. The van der Waals surface area contributed by atoms with Gasteiger partial charge in [-0.15, -0.1) is 11.8 Å². The van der Waals surface area contributed by atoms with Gasteiger partial charge in [0.2, 0.25) is 10.0 Å². The third-order valence-corrected chi connectivity index (χ3v) is 8.31. The second-order valence-corrected chi connectivity index (χ2v) is 10.7. The maximum Gasteiger partial charge on any atom is 0.339 e. The van der Waals surface area contributed by atoms with Crippen LogP contribution in [-0.2, 0) is 32.6 Å². The molecule has 1 aliphatic heterocycles. The first-order chi connectivity index (χ1) is 16.0. The number of nitrogens with zero attached hydrogens (tertiary/aromatic N) is 3. The van der Waals surface area contributed by atoms with Crippen LogP contribution in [0, 0.1) is 0 Å². The average Bonchev–Trinajstić information content (AvgIpc) is 3.20. The number of aryl methyl sites for hydroxylation is 1. The Kier molecular flexibility index (Phi) is 7.38. The number of imidazole rings is 1. The van der Waals surface area contributed by atoms with Gasteiger partial charge in [-0.25, -0.2) is 18.2 Å². The monoisotopic (exact) mass is 489 g/mol. The van der Waals surface area contributed by atoms with Gasteiger partial charge in [-0.1, -0.05) is 19.1 Å². The molecular weight excluding hydrogens is 462 g/mol. The van der Waals surface area contributed by atoms with Crippen molar-refractivity contribution in [2.45, 2.75) is 36.8 Å². The van der Waals surface area contributed by atoms with Crippen LogP contribution < -0.4 is 0 Å². The van der Waals surface area contributed by atoms with E-state index in [1.54, 1.807) is 36.0 Å². The molecule has 1 fully saturated rings. The zero-order chi connectivity index (χ0) is 23.4. The summed E-state index contributed by atoms with van der Waals surface area (Å²) in [7, 11) is -3.62. The van der Waals surface area contributed by atoms with Crippen molar-refractivity contribution < 1.29 is 22.7 Å². The molecule has 1 saturated heterocycles. The second-order valence-electron chi connectivity index (χ2n) is 7.44. The third kappa shape index (κ3) is 4.93. The SMILES string of the molecule is CCSc1ccccc1C(=O)OCc1nc2cc(S(=O)(=O)N3CCOCC3)ccc2n1CC. The number of thioether (sulfide) groups is 1. The fraction of sp³-hybridized carbons (Fsp3) is 0.391. The highest BCUT2D eigenvalue weighted by Gasteiger charge is 2.27. The molecule has 0 radical (unpaired) electrons. The van der Waals surface area contributed by atoms with E-state index in [1.165, 1.54) is 4.31 Å². The largest absolute Gasteiger partial charge is 0.454 e. The normalized spacial score (nSPS) is 15.1. The summed E-state index contributed by atoms with van der Waals surface area (Å²) >= 11 is 1.59. The molecule has 0 spiro atoms. The Morgan fingerprint density at radius 2 is 1.91 bits per heavy atom. The minimum Gasteiger partial charge on any atom is -0.454 e. The van der Waals surface area contributed by atoms with Crippen molar-refractivity contribution in [2.24, 2.45) is 0 Å². The summed E-state index contributed by atoms with van der Waals surface area (Å²) in [5, 5.41) is 0. The lowest BCUT2D eigenvalue weighted by Crippen LogP contribution is -2.40. The predicted molar refractivity (Wildman–Crippen MR) is 127 cm³/mol. The molecule has 0 atom stereocenters. The van der Waals surface area contributed by atoms with Gasteiger partial charge in [0, 0.05) is 24.5 Å². The van der Waals surface area contributed by atoms with Gasteiger partial charge < -0.3 is 14.0 Å². The minimum atomic E-state index is -3.62. The van der Waals surface area contributed by atoms with Crippen LogP contribution in [0.25, 0.3) is 11.0 Å². The number of ether oxygens (including phenoxy) is 2. The number of hydrogen-bond donors (Lipinski definition) is 0. The van der Waals surface area contributed by atoms with Gasteiger partial charge in [-0.05, 0) is 43.0 Å². The van der Waals surface area contributed by atoms with E-state index in [-0.39, 0.29) is 11.5 Å². The zero-order valence-electron chi connectivity index (χ0n) is 18.7. The van der Waals surface area contributed by atoms with Crippen LogP contribution in [0.4, 0.5) is 0 Å². The first-order valence-corrected chi connectivity index (χ1v) is 13.3. The Morgan fingerprint density at radius 1 is 1.15 bits per heavy atom. The first-order valence-electron chi connectivity index (χ1n) is 10.9. The van der Waals surface area contributed by atoms with E-state index in [0.29, 0.717) is 49.8 Å². The lowest BCUT2D eigenvalue weighted by atomic mass is 10.2. The van der Waals surface area contributed by atoms with E-state index in [0.717, 1.165) is 16.2 Å². The molecule has 3 aromatic rings. The number of sulfonamides is 1. The predicted octanol–water partition coefficient (Wildman–Crippen LogP) is 3.55. The fourth-order valence-electron chi connectivity index (χ4n) is 3.84. The van der Waals surface area contributed by atoms with Crippen LogP contribution in [0.2, 0.25) is 0 Å². The molecule has 0 N–H and O–H groups in total. The van der Waals surface area contributed by atoms with Crippen LogP contribution in [-0.4, -0.2) is 60.3 Å². The Hall–Kier alpha value is -2.40. The standard InChI is InChI=1S/C23H27N3O5S2/c1-3-26-20-10-9-17(33(28,29)25-11-13-30-14-12-25)15-19(20)24-22(26)16-31-23(27)18-7-5-6-8-21(18)32-4-2/h5-10,15H,3-4,11-14,16H2,1-2H3. The number of morpholine rings is 1. The molecule has 0 saturated carbocycles. The van der Waals surface area contributed by atoms with Gasteiger partial charge in [0.05, 0.1) is 34.7 Å². The van der Waals surface area contributed by atoms with Crippen molar-refractivity contribution >= 4 is 38.8 Å². The van der Waals surface area contributed by atoms with Crippen LogP contribution >= 0.6 is 11.8 Å². The molecule has 176 valence electrons. The fourth-order valence-corrected chi connectivity index (χ4v) is 6.06. The molecule has 2 heterocycles. The minimum absolute atomic E-state index is 0.00196. The van der Waals surface area contributed by atoms with E-state index >= 15 is 0 Å². The van der Waals surface area contributed by atoms with Crippen molar-refractivity contribution in [1.82, 2.24) is 13.9 Å². The number of carbonyl (C=O) groups excluding carboxylic acids is 1. The molecule has 1 aromatic heterocycles. The summed E-state index contributed by atoms with van der Waals surface area (Å²) in [6, 6.07) is 12.3. The number of carbonyl (C=O) groups is 1. The summed E-state index contributed by atoms with van der Waals surface area (Å²) in [5.41, 5.74) is 1.88. The Bertz CT molecular complexity index is 1250. The molecule has 10 heteroatoms. The van der Waals surface area contributed by atoms with Crippen LogP contribution in [0.1, 0.15) is 30.0 Å². The maximum absolute atomic E-state index is 13.0. The van der Waals surface area contributed by atoms with Crippen molar-refractivity contribution in [3.8, 4) is 0 Å². The number of esters is 1. The molecular formula is C23H27N3O5S2. The third-order valence-electron chi connectivity index (χ3n) is 5.46. The van der Waals surface area contributed by atoms with Crippen molar-refractivity contribution in [3.63, 3.8) is 0 Å². The number of aromatic nitrogens is 2. The highest BCUT2D eigenvalue weighted by atomic mass is 32.2. The summed E-state index contributed by atoms with van der Waals surface area (Å²) in [6.07, 6.45) is 0. The van der Waals surface area contributed by atoms with E-state index < -0.39 is 16.0 Å². The summed E-state index contributed by atoms with van der Waals surface area (Å²) < 4.78 is 40.3. The summed E-state index contributed by atoms with van der Waals surface area (Å²) in [6.45, 7) is 6.06. The number of benzene rings is 2. The molecule has 1 aliphatic rings. The Morgan fingerprint density at radius 3 is 2.64 bits per heavy atom. The smallest absolute Gasteiger partial charge is 0.339 e. The highest BCUT2D eigenvalue weighted by Crippen LogP contribution is 2.25.